The highest BCUT2D eigenvalue weighted by atomic mass is 16.5. The highest BCUT2D eigenvalue weighted by Crippen LogP contribution is 2.17. The van der Waals surface area contributed by atoms with E-state index in [0.29, 0.717) is 0 Å². The Hall–Kier alpha value is -2.62. The largest absolute Gasteiger partial charge is 0.476 e. The summed E-state index contributed by atoms with van der Waals surface area (Å²) in [6.45, 7) is 3.15. The maximum Gasteiger partial charge on any atom is 0.357 e. The molecule has 0 bridgehead atoms. The number of hydrogen-bond donors (Lipinski definition) is 1. The summed E-state index contributed by atoms with van der Waals surface area (Å²) < 4.78 is 5.81. The number of rotatable bonds is 2. The van der Waals surface area contributed by atoms with Gasteiger partial charge in [-0.3, -0.25) is 4.79 Å². The summed E-state index contributed by atoms with van der Waals surface area (Å²) in [6, 6.07) is 0. The van der Waals surface area contributed by atoms with E-state index in [1.807, 2.05) is 0 Å². The van der Waals surface area contributed by atoms with Gasteiger partial charge in [-0.1, -0.05) is 11.1 Å². The SMILES string of the molecule is CC#CCn1nc(C(=O)O)c2c(C)onc2c1=O. The van der Waals surface area contributed by atoms with E-state index < -0.39 is 11.5 Å². The van der Waals surface area contributed by atoms with Gasteiger partial charge in [-0.25, -0.2) is 9.48 Å². The number of carboxylic acids is 1. The van der Waals surface area contributed by atoms with Gasteiger partial charge in [0.05, 0.1) is 5.39 Å². The predicted molar refractivity (Wildman–Crippen MR) is 61.2 cm³/mol. The third kappa shape index (κ3) is 1.73. The second kappa shape index (κ2) is 4.33. The second-order valence-electron chi connectivity index (χ2n) is 3.51. The number of fused-ring (bicyclic) bond motifs is 1. The molecule has 0 spiro atoms. The van der Waals surface area contributed by atoms with Gasteiger partial charge in [-0.15, -0.1) is 5.92 Å². The fourth-order valence-electron chi connectivity index (χ4n) is 1.55. The van der Waals surface area contributed by atoms with Gasteiger partial charge in [-0.2, -0.15) is 5.10 Å². The highest BCUT2D eigenvalue weighted by molar-refractivity contribution is 6.00. The van der Waals surface area contributed by atoms with Gasteiger partial charge in [0.1, 0.15) is 12.3 Å². The molecule has 0 aliphatic carbocycles. The van der Waals surface area contributed by atoms with Crippen molar-refractivity contribution >= 4 is 16.9 Å². The van der Waals surface area contributed by atoms with Crippen molar-refractivity contribution < 1.29 is 14.4 Å². The molecule has 0 aromatic carbocycles. The Morgan fingerprint density at radius 2 is 2.28 bits per heavy atom. The molecule has 0 unspecified atom stereocenters. The Kier molecular flexibility index (Phi) is 2.85. The maximum atomic E-state index is 11.9. The Morgan fingerprint density at radius 3 is 2.89 bits per heavy atom. The number of aromatic carboxylic acids is 1. The van der Waals surface area contributed by atoms with E-state index >= 15 is 0 Å². The molecule has 7 heteroatoms. The van der Waals surface area contributed by atoms with Crippen LogP contribution >= 0.6 is 0 Å². The van der Waals surface area contributed by atoms with Crippen LogP contribution < -0.4 is 5.56 Å². The topological polar surface area (TPSA) is 98.2 Å². The van der Waals surface area contributed by atoms with Gasteiger partial charge >= 0.3 is 5.97 Å². The van der Waals surface area contributed by atoms with Crippen molar-refractivity contribution in [3.8, 4) is 11.8 Å². The number of aryl methyl sites for hydroxylation is 1. The molecule has 2 aromatic rings. The van der Waals surface area contributed by atoms with E-state index in [9.17, 15) is 9.59 Å². The van der Waals surface area contributed by atoms with Crippen LogP contribution in [0, 0.1) is 18.8 Å². The van der Waals surface area contributed by atoms with Crippen molar-refractivity contribution in [3.63, 3.8) is 0 Å². The number of carbonyl (C=O) groups is 1. The van der Waals surface area contributed by atoms with Gasteiger partial charge in [0.2, 0.25) is 0 Å². The van der Waals surface area contributed by atoms with E-state index in [0.717, 1.165) is 4.68 Å². The average Bonchev–Trinajstić information content (AvgIpc) is 2.71. The average molecular weight is 247 g/mol. The molecule has 2 rings (SSSR count). The summed E-state index contributed by atoms with van der Waals surface area (Å²) in [6.07, 6.45) is 0. The Bertz CT molecular complexity index is 745. The van der Waals surface area contributed by atoms with Crippen LogP contribution in [0.25, 0.3) is 10.9 Å². The van der Waals surface area contributed by atoms with Crippen molar-refractivity contribution in [2.24, 2.45) is 0 Å². The molecule has 92 valence electrons. The molecule has 0 radical (unpaired) electrons. The Balaban J connectivity index is 2.83. The summed E-state index contributed by atoms with van der Waals surface area (Å²) in [4.78, 5) is 23.1. The van der Waals surface area contributed by atoms with Crippen LogP contribution in [0.5, 0.6) is 0 Å². The van der Waals surface area contributed by atoms with Crippen LogP contribution in [0.4, 0.5) is 0 Å². The summed E-state index contributed by atoms with van der Waals surface area (Å²) in [5.41, 5.74) is -0.825. The first kappa shape index (κ1) is 11.9. The molecule has 0 amide bonds. The minimum Gasteiger partial charge on any atom is -0.476 e. The van der Waals surface area contributed by atoms with Crippen molar-refractivity contribution in [3.05, 3.63) is 21.8 Å². The molecular formula is C11H9N3O4. The van der Waals surface area contributed by atoms with Crippen LogP contribution in [0.2, 0.25) is 0 Å². The van der Waals surface area contributed by atoms with Gasteiger partial charge < -0.3 is 9.63 Å². The molecule has 0 aliphatic rings. The molecule has 18 heavy (non-hydrogen) atoms. The number of aromatic nitrogens is 3. The Morgan fingerprint density at radius 1 is 1.56 bits per heavy atom. The van der Waals surface area contributed by atoms with Crippen LogP contribution in [0.3, 0.4) is 0 Å². The van der Waals surface area contributed by atoms with Gasteiger partial charge in [-0.05, 0) is 13.8 Å². The van der Waals surface area contributed by atoms with E-state index in [1.165, 1.54) is 6.92 Å². The quantitative estimate of drug-likeness (QED) is 0.772. The minimum atomic E-state index is -1.25. The lowest BCUT2D eigenvalue weighted by atomic mass is 10.2. The number of carboxylic acid groups (broad SMARTS) is 1. The monoisotopic (exact) mass is 247 g/mol. The molecule has 1 N–H and O–H groups in total. The molecule has 0 saturated carbocycles. The molecule has 7 nitrogen and oxygen atoms in total. The minimum absolute atomic E-state index is 0.0114. The van der Waals surface area contributed by atoms with Crippen LogP contribution in [-0.2, 0) is 6.54 Å². The lowest BCUT2D eigenvalue weighted by Crippen LogP contribution is -2.25. The zero-order chi connectivity index (χ0) is 13.3. The van der Waals surface area contributed by atoms with Crippen LogP contribution in [-0.4, -0.2) is 26.0 Å². The Labute approximate surface area is 101 Å². The first-order chi connectivity index (χ1) is 8.56. The standard InChI is InChI=1S/C11H9N3O4/c1-3-4-5-14-10(15)8-7(6(2)18-13-8)9(12-14)11(16)17/h5H2,1-2H3,(H,16,17). The predicted octanol–water partition coefficient (Wildman–Crippen LogP) is 0.414. The summed E-state index contributed by atoms with van der Waals surface area (Å²) in [5, 5.41) is 16.6. The third-order valence-electron chi connectivity index (χ3n) is 2.37. The molecule has 0 fully saturated rings. The summed E-state index contributed by atoms with van der Waals surface area (Å²) >= 11 is 0. The molecule has 0 atom stereocenters. The fraction of sp³-hybridized carbons (Fsp3) is 0.273. The van der Waals surface area contributed by atoms with Crippen molar-refractivity contribution in [1.29, 1.82) is 0 Å². The fourth-order valence-corrected chi connectivity index (χ4v) is 1.55. The van der Waals surface area contributed by atoms with Crippen LogP contribution in [0.15, 0.2) is 9.32 Å². The lowest BCUT2D eigenvalue weighted by molar-refractivity contribution is 0.0690. The van der Waals surface area contributed by atoms with Crippen molar-refractivity contribution in [2.45, 2.75) is 20.4 Å². The van der Waals surface area contributed by atoms with Crippen LogP contribution in [0.1, 0.15) is 23.2 Å². The first-order valence-corrected chi connectivity index (χ1v) is 5.06. The zero-order valence-corrected chi connectivity index (χ0v) is 9.72. The molecule has 0 saturated heterocycles. The summed E-state index contributed by atoms with van der Waals surface area (Å²) in [5.74, 6) is 4.25. The van der Waals surface area contributed by atoms with E-state index in [2.05, 4.69) is 22.1 Å². The van der Waals surface area contributed by atoms with Gasteiger partial charge in [0.25, 0.3) is 5.56 Å². The molecule has 2 heterocycles. The van der Waals surface area contributed by atoms with E-state index in [-0.39, 0.29) is 28.9 Å². The molecule has 0 aliphatic heterocycles. The highest BCUT2D eigenvalue weighted by Gasteiger charge is 2.21. The van der Waals surface area contributed by atoms with Crippen molar-refractivity contribution in [1.82, 2.24) is 14.9 Å². The third-order valence-corrected chi connectivity index (χ3v) is 2.37. The lowest BCUT2D eigenvalue weighted by Gasteiger charge is -2.02. The molecule has 2 aromatic heterocycles. The van der Waals surface area contributed by atoms with Gasteiger partial charge in [0, 0.05) is 0 Å². The zero-order valence-electron chi connectivity index (χ0n) is 9.72. The normalized spacial score (nSPS) is 10.1. The smallest absolute Gasteiger partial charge is 0.357 e. The van der Waals surface area contributed by atoms with E-state index in [4.69, 9.17) is 9.63 Å². The molecular weight excluding hydrogens is 238 g/mol. The number of nitrogens with zero attached hydrogens (tertiary/aromatic N) is 3. The van der Waals surface area contributed by atoms with E-state index in [1.54, 1.807) is 6.92 Å². The summed E-state index contributed by atoms with van der Waals surface area (Å²) in [7, 11) is 0. The van der Waals surface area contributed by atoms with Gasteiger partial charge in [0.15, 0.2) is 11.2 Å². The first-order valence-electron chi connectivity index (χ1n) is 5.06. The van der Waals surface area contributed by atoms with Crippen molar-refractivity contribution in [2.75, 3.05) is 0 Å². The second-order valence-corrected chi connectivity index (χ2v) is 3.51. The maximum absolute atomic E-state index is 11.9. The number of hydrogen-bond acceptors (Lipinski definition) is 5.